The average molecular weight is 339 g/mol. The standard InChI is InChI=1S/C18H26N2O2.ClH/c1-13-16(12-15-6-4-3-5-7-15)8-10-20(13)18(21)17-14(2)22-11-9-19-17;/h3-7,13-14,16-17,19H,8-12H2,1-2H3;1H/t13?,14-,16?,17+;/m1./s1. The molecule has 128 valence electrons. The topological polar surface area (TPSA) is 41.6 Å². The maximum atomic E-state index is 12.8. The zero-order valence-corrected chi connectivity index (χ0v) is 14.7. The van der Waals surface area contributed by atoms with E-state index in [1.165, 1.54) is 5.56 Å². The third kappa shape index (κ3) is 4.06. The van der Waals surface area contributed by atoms with Gasteiger partial charge in [-0.2, -0.15) is 0 Å². The second-order valence-electron chi connectivity index (χ2n) is 6.52. The van der Waals surface area contributed by atoms with E-state index in [4.69, 9.17) is 4.74 Å². The Morgan fingerprint density at radius 1 is 1.30 bits per heavy atom. The van der Waals surface area contributed by atoms with E-state index in [1.807, 2.05) is 13.0 Å². The van der Waals surface area contributed by atoms with E-state index in [-0.39, 0.29) is 30.5 Å². The van der Waals surface area contributed by atoms with Gasteiger partial charge in [-0.15, -0.1) is 12.4 Å². The van der Waals surface area contributed by atoms with Gasteiger partial charge in [0.1, 0.15) is 6.04 Å². The van der Waals surface area contributed by atoms with E-state index < -0.39 is 0 Å². The highest BCUT2D eigenvalue weighted by molar-refractivity contribution is 5.85. The Hall–Kier alpha value is -1.10. The fraction of sp³-hybridized carbons (Fsp3) is 0.611. The van der Waals surface area contributed by atoms with Gasteiger partial charge in [-0.05, 0) is 38.2 Å². The summed E-state index contributed by atoms with van der Waals surface area (Å²) in [5.74, 6) is 0.751. The number of nitrogens with one attached hydrogen (secondary N) is 1. The number of likely N-dealkylation sites (tertiary alicyclic amines) is 1. The van der Waals surface area contributed by atoms with Crippen LogP contribution in [0.2, 0.25) is 0 Å². The van der Waals surface area contributed by atoms with Gasteiger partial charge in [-0.25, -0.2) is 0 Å². The maximum absolute atomic E-state index is 12.8. The average Bonchev–Trinajstić information content (AvgIpc) is 2.89. The number of benzene rings is 1. The van der Waals surface area contributed by atoms with Crippen molar-refractivity contribution in [1.29, 1.82) is 0 Å². The van der Waals surface area contributed by atoms with Gasteiger partial charge in [0.15, 0.2) is 0 Å². The molecule has 2 aliphatic rings. The first-order valence-corrected chi connectivity index (χ1v) is 8.36. The Labute approximate surface area is 145 Å². The molecule has 2 heterocycles. The van der Waals surface area contributed by atoms with E-state index in [2.05, 4.69) is 41.4 Å². The lowest BCUT2D eigenvalue weighted by Crippen LogP contribution is -2.57. The van der Waals surface area contributed by atoms with Crippen molar-refractivity contribution in [2.45, 2.75) is 44.9 Å². The van der Waals surface area contributed by atoms with E-state index in [1.54, 1.807) is 0 Å². The fourth-order valence-corrected chi connectivity index (χ4v) is 3.69. The van der Waals surface area contributed by atoms with Crippen LogP contribution in [0.15, 0.2) is 30.3 Å². The van der Waals surface area contributed by atoms with Crippen LogP contribution >= 0.6 is 12.4 Å². The number of hydrogen-bond donors (Lipinski definition) is 1. The van der Waals surface area contributed by atoms with Crippen LogP contribution in [0.4, 0.5) is 0 Å². The molecule has 1 aromatic rings. The van der Waals surface area contributed by atoms with Gasteiger partial charge >= 0.3 is 0 Å². The number of nitrogens with zero attached hydrogens (tertiary/aromatic N) is 1. The van der Waals surface area contributed by atoms with E-state index in [0.717, 1.165) is 25.9 Å². The third-order valence-electron chi connectivity index (χ3n) is 5.12. The Balaban J connectivity index is 0.00000192. The van der Waals surface area contributed by atoms with Crippen LogP contribution < -0.4 is 5.32 Å². The van der Waals surface area contributed by atoms with Crippen molar-refractivity contribution in [3.63, 3.8) is 0 Å². The molecule has 1 N–H and O–H groups in total. The number of rotatable bonds is 3. The molecule has 23 heavy (non-hydrogen) atoms. The van der Waals surface area contributed by atoms with Crippen molar-refractivity contribution in [2.75, 3.05) is 19.7 Å². The Bertz CT molecular complexity index is 511. The van der Waals surface area contributed by atoms with Gasteiger partial charge in [0.05, 0.1) is 12.7 Å². The molecule has 2 saturated heterocycles. The Morgan fingerprint density at radius 2 is 2.04 bits per heavy atom. The van der Waals surface area contributed by atoms with Crippen molar-refractivity contribution in [1.82, 2.24) is 10.2 Å². The molecule has 0 saturated carbocycles. The number of amides is 1. The molecular formula is C18H27ClN2O2. The minimum absolute atomic E-state index is 0. The van der Waals surface area contributed by atoms with Crippen LogP contribution in [0.5, 0.6) is 0 Å². The predicted molar refractivity (Wildman–Crippen MR) is 93.9 cm³/mol. The number of carbonyl (C=O) groups excluding carboxylic acids is 1. The second-order valence-corrected chi connectivity index (χ2v) is 6.52. The minimum Gasteiger partial charge on any atom is -0.375 e. The highest BCUT2D eigenvalue weighted by atomic mass is 35.5. The number of carbonyl (C=O) groups is 1. The summed E-state index contributed by atoms with van der Waals surface area (Å²) in [6.07, 6.45) is 2.10. The number of morpholine rings is 1. The van der Waals surface area contributed by atoms with Crippen LogP contribution in [0.3, 0.4) is 0 Å². The van der Waals surface area contributed by atoms with Gasteiger partial charge in [0.25, 0.3) is 0 Å². The maximum Gasteiger partial charge on any atom is 0.242 e. The quantitative estimate of drug-likeness (QED) is 0.919. The minimum atomic E-state index is -0.188. The largest absolute Gasteiger partial charge is 0.375 e. The van der Waals surface area contributed by atoms with Crippen molar-refractivity contribution in [3.8, 4) is 0 Å². The molecule has 5 heteroatoms. The molecule has 0 aliphatic carbocycles. The van der Waals surface area contributed by atoms with Crippen LogP contribution in [0.1, 0.15) is 25.8 Å². The molecule has 1 amide bonds. The summed E-state index contributed by atoms with van der Waals surface area (Å²) in [5, 5.41) is 3.31. The first kappa shape index (κ1) is 18.2. The SMILES string of the molecule is CC1C(Cc2ccccc2)CCN1C(=O)[C@H]1NCCO[C@@H]1C.Cl. The predicted octanol–water partition coefficient (Wildman–Crippen LogP) is 2.26. The lowest BCUT2D eigenvalue weighted by atomic mass is 9.93. The van der Waals surface area contributed by atoms with Crippen LogP contribution in [0.25, 0.3) is 0 Å². The molecule has 1 aromatic carbocycles. The molecular weight excluding hydrogens is 312 g/mol. The molecule has 0 aromatic heterocycles. The summed E-state index contributed by atoms with van der Waals surface area (Å²) >= 11 is 0. The van der Waals surface area contributed by atoms with Crippen LogP contribution in [0, 0.1) is 5.92 Å². The Morgan fingerprint density at radius 3 is 2.74 bits per heavy atom. The second kappa shape index (κ2) is 8.13. The number of hydrogen-bond acceptors (Lipinski definition) is 3. The first-order chi connectivity index (χ1) is 10.7. The lowest BCUT2D eigenvalue weighted by Gasteiger charge is -2.34. The van der Waals surface area contributed by atoms with Gasteiger partial charge in [-0.3, -0.25) is 4.79 Å². The fourth-order valence-electron chi connectivity index (χ4n) is 3.69. The number of ether oxygens (including phenoxy) is 1. The number of halogens is 1. The first-order valence-electron chi connectivity index (χ1n) is 8.36. The van der Waals surface area contributed by atoms with E-state index in [9.17, 15) is 4.79 Å². The molecule has 0 bridgehead atoms. The van der Waals surface area contributed by atoms with Gasteiger partial charge < -0.3 is 15.0 Å². The summed E-state index contributed by atoms with van der Waals surface area (Å²) in [6, 6.07) is 10.7. The molecule has 0 radical (unpaired) electrons. The normalized spacial score (nSPS) is 30.8. The molecule has 3 rings (SSSR count). The summed E-state index contributed by atoms with van der Waals surface area (Å²) in [6.45, 7) is 6.49. The molecule has 0 spiro atoms. The molecule has 4 atom stereocenters. The molecule has 2 fully saturated rings. The Kier molecular flexibility index (Phi) is 6.45. The smallest absolute Gasteiger partial charge is 0.242 e. The zero-order chi connectivity index (χ0) is 15.5. The van der Waals surface area contributed by atoms with E-state index in [0.29, 0.717) is 18.6 Å². The molecule has 2 unspecified atom stereocenters. The highest BCUT2D eigenvalue weighted by Gasteiger charge is 2.39. The summed E-state index contributed by atoms with van der Waals surface area (Å²) in [5.41, 5.74) is 1.36. The third-order valence-corrected chi connectivity index (χ3v) is 5.12. The summed E-state index contributed by atoms with van der Waals surface area (Å²) < 4.78 is 5.62. The van der Waals surface area contributed by atoms with Crippen LogP contribution in [-0.4, -0.2) is 48.7 Å². The monoisotopic (exact) mass is 338 g/mol. The van der Waals surface area contributed by atoms with Crippen molar-refractivity contribution < 1.29 is 9.53 Å². The summed E-state index contributed by atoms with van der Waals surface area (Å²) in [4.78, 5) is 14.9. The zero-order valence-electron chi connectivity index (χ0n) is 13.9. The van der Waals surface area contributed by atoms with Gasteiger partial charge in [0, 0.05) is 19.1 Å². The van der Waals surface area contributed by atoms with Crippen LogP contribution in [-0.2, 0) is 16.0 Å². The molecule has 4 nitrogen and oxygen atoms in total. The van der Waals surface area contributed by atoms with Crippen molar-refractivity contribution in [2.24, 2.45) is 5.92 Å². The van der Waals surface area contributed by atoms with Crippen molar-refractivity contribution in [3.05, 3.63) is 35.9 Å². The summed E-state index contributed by atoms with van der Waals surface area (Å²) in [7, 11) is 0. The van der Waals surface area contributed by atoms with Gasteiger partial charge in [-0.1, -0.05) is 30.3 Å². The van der Waals surface area contributed by atoms with Gasteiger partial charge in [0.2, 0.25) is 5.91 Å². The lowest BCUT2D eigenvalue weighted by molar-refractivity contribution is -0.140. The molecule has 2 aliphatic heterocycles. The van der Waals surface area contributed by atoms with E-state index >= 15 is 0 Å². The van der Waals surface area contributed by atoms with Crippen molar-refractivity contribution >= 4 is 18.3 Å². The highest BCUT2D eigenvalue weighted by Crippen LogP contribution is 2.28.